The van der Waals surface area contributed by atoms with Gasteiger partial charge in [0.25, 0.3) is 0 Å². The molecule has 21 heavy (non-hydrogen) atoms. The molecular weight excluding hydrogens is 375 g/mol. The van der Waals surface area contributed by atoms with Crippen LogP contribution in [0.3, 0.4) is 0 Å². The highest BCUT2D eigenvalue weighted by molar-refractivity contribution is 14.0. The molecule has 0 saturated heterocycles. The van der Waals surface area contributed by atoms with Crippen LogP contribution < -0.4 is 11.1 Å². The van der Waals surface area contributed by atoms with Gasteiger partial charge in [-0.25, -0.2) is 0 Å². The van der Waals surface area contributed by atoms with E-state index < -0.39 is 0 Å². The Hall–Kier alpha value is -1.24. The van der Waals surface area contributed by atoms with Crippen molar-refractivity contribution in [2.24, 2.45) is 16.6 Å². The van der Waals surface area contributed by atoms with E-state index >= 15 is 0 Å². The zero-order valence-electron chi connectivity index (χ0n) is 12.9. The molecule has 1 aromatic carbocycles. The first-order valence-electron chi connectivity index (χ1n) is 7.17. The van der Waals surface area contributed by atoms with Crippen molar-refractivity contribution in [3.8, 4) is 0 Å². The van der Waals surface area contributed by atoms with Crippen LogP contribution in [0.5, 0.6) is 0 Å². The number of fused-ring (bicyclic) bond motifs is 1. The van der Waals surface area contributed by atoms with Crippen molar-refractivity contribution < 1.29 is 0 Å². The van der Waals surface area contributed by atoms with Crippen molar-refractivity contribution in [3.63, 3.8) is 0 Å². The highest BCUT2D eigenvalue weighted by Gasteiger charge is 2.05. The summed E-state index contributed by atoms with van der Waals surface area (Å²) in [6, 6.07) is 6.38. The van der Waals surface area contributed by atoms with E-state index in [-0.39, 0.29) is 24.0 Å². The maximum absolute atomic E-state index is 5.83. The third-order valence-corrected chi connectivity index (χ3v) is 3.34. The Balaban J connectivity index is 0.00000220. The molecule has 2 rings (SSSR count). The van der Waals surface area contributed by atoms with Gasteiger partial charge in [0.15, 0.2) is 5.96 Å². The number of aliphatic imine (C=N–C) groups is 1. The molecule has 0 radical (unpaired) electrons. The number of hydrogen-bond donors (Lipinski definition) is 3. The van der Waals surface area contributed by atoms with E-state index in [0.29, 0.717) is 11.9 Å². The molecule has 0 aliphatic heterocycles. The number of guanidine groups is 1. The lowest BCUT2D eigenvalue weighted by molar-refractivity contribution is 0.661. The number of aromatic amines is 1. The van der Waals surface area contributed by atoms with Crippen LogP contribution >= 0.6 is 24.0 Å². The molecule has 0 atom stereocenters. The molecule has 2 aromatic rings. The topological polar surface area (TPSA) is 66.2 Å². The summed E-state index contributed by atoms with van der Waals surface area (Å²) in [7, 11) is 0. The van der Waals surface area contributed by atoms with Crippen LogP contribution in [-0.2, 0) is 6.42 Å². The maximum atomic E-state index is 5.83. The molecule has 116 valence electrons. The lowest BCUT2D eigenvalue weighted by Crippen LogP contribution is -2.33. The Labute approximate surface area is 143 Å². The minimum Gasteiger partial charge on any atom is -0.370 e. The number of hydrogen-bond acceptors (Lipinski definition) is 1. The van der Waals surface area contributed by atoms with Gasteiger partial charge in [-0.05, 0) is 30.4 Å². The summed E-state index contributed by atoms with van der Waals surface area (Å²) in [5.41, 5.74) is 9.65. The molecule has 0 aliphatic rings. The van der Waals surface area contributed by atoms with E-state index in [9.17, 15) is 0 Å². The summed E-state index contributed by atoms with van der Waals surface area (Å²) in [5.74, 6) is 1.07. The van der Waals surface area contributed by atoms with Crippen molar-refractivity contribution in [3.05, 3.63) is 35.5 Å². The van der Waals surface area contributed by atoms with E-state index in [2.05, 4.69) is 60.5 Å². The molecule has 0 aliphatic carbocycles. The van der Waals surface area contributed by atoms with Gasteiger partial charge in [-0.2, -0.15) is 0 Å². The number of rotatable bonds is 5. The molecule has 0 fully saturated rings. The zero-order valence-corrected chi connectivity index (χ0v) is 15.3. The number of para-hydroxylation sites is 1. The van der Waals surface area contributed by atoms with Gasteiger partial charge in [-0.3, -0.25) is 4.99 Å². The van der Waals surface area contributed by atoms with Crippen LogP contribution in [0.2, 0.25) is 0 Å². The maximum Gasteiger partial charge on any atom is 0.188 e. The Morgan fingerprint density at radius 2 is 2.14 bits per heavy atom. The monoisotopic (exact) mass is 400 g/mol. The first-order valence-corrected chi connectivity index (χ1v) is 7.17. The average molecular weight is 400 g/mol. The molecule has 0 bridgehead atoms. The standard InChI is InChI=1S/C16H24N4.HI/c1-11(2)9-20-16(17)18-8-7-13-10-19-15-12(3)5-4-6-14(13)15;/h4-6,10-11,19H,7-9H2,1-3H3,(H3,17,18,20);1H. The van der Waals surface area contributed by atoms with E-state index in [4.69, 9.17) is 5.73 Å². The van der Waals surface area contributed by atoms with Crippen molar-refractivity contribution >= 4 is 40.8 Å². The van der Waals surface area contributed by atoms with Crippen molar-refractivity contribution in [1.82, 2.24) is 10.3 Å². The number of aryl methyl sites for hydroxylation is 1. The van der Waals surface area contributed by atoms with E-state index in [1.54, 1.807) is 0 Å². The minimum absolute atomic E-state index is 0. The first-order chi connectivity index (χ1) is 9.58. The Kier molecular flexibility index (Phi) is 7.01. The van der Waals surface area contributed by atoms with Gasteiger partial charge >= 0.3 is 0 Å². The van der Waals surface area contributed by atoms with E-state index in [1.807, 2.05) is 0 Å². The number of nitrogens with two attached hydrogens (primary N) is 1. The zero-order chi connectivity index (χ0) is 14.5. The first kappa shape index (κ1) is 17.8. The van der Waals surface area contributed by atoms with Gasteiger partial charge in [0.05, 0.1) is 0 Å². The van der Waals surface area contributed by atoms with Crippen LogP contribution in [0.15, 0.2) is 29.4 Å². The predicted molar refractivity (Wildman–Crippen MR) is 101 cm³/mol. The van der Waals surface area contributed by atoms with Crippen LogP contribution in [0, 0.1) is 12.8 Å². The van der Waals surface area contributed by atoms with Crippen LogP contribution in [0.1, 0.15) is 25.0 Å². The lowest BCUT2D eigenvalue weighted by atomic mass is 10.1. The van der Waals surface area contributed by atoms with Crippen LogP contribution in [0.25, 0.3) is 10.9 Å². The summed E-state index contributed by atoms with van der Waals surface area (Å²) in [6.07, 6.45) is 3.02. The number of nitrogens with one attached hydrogen (secondary N) is 2. The quantitative estimate of drug-likeness (QED) is 0.410. The van der Waals surface area contributed by atoms with Crippen LogP contribution in [0.4, 0.5) is 0 Å². The summed E-state index contributed by atoms with van der Waals surface area (Å²) < 4.78 is 0. The summed E-state index contributed by atoms with van der Waals surface area (Å²) >= 11 is 0. The number of halogens is 1. The molecule has 0 spiro atoms. The molecule has 0 amide bonds. The largest absolute Gasteiger partial charge is 0.370 e. The second-order valence-corrected chi connectivity index (χ2v) is 5.61. The molecule has 4 nitrogen and oxygen atoms in total. The molecule has 0 unspecified atom stereocenters. The molecule has 1 aromatic heterocycles. The van der Waals surface area contributed by atoms with Crippen molar-refractivity contribution in [2.45, 2.75) is 27.2 Å². The van der Waals surface area contributed by atoms with Crippen molar-refractivity contribution in [2.75, 3.05) is 13.1 Å². The van der Waals surface area contributed by atoms with E-state index in [0.717, 1.165) is 19.5 Å². The number of benzene rings is 1. The van der Waals surface area contributed by atoms with Gasteiger partial charge in [-0.1, -0.05) is 32.0 Å². The fourth-order valence-corrected chi connectivity index (χ4v) is 2.23. The predicted octanol–water partition coefficient (Wildman–Crippen LogP) is 3.20. The second kappa shape index (κ2) is 8.26. The average Bonchev–Trinajstić information content (AvgIpc) is 2.81. The summed E-state index contributed by atoms with van der Waals surface area (Å²) in [6.45, 7) is 7.95. The fraction of sp³-hybridized carbons (Fsp3) is 0.438. The highest BCUT2D eigenvalue weighted by Crippen LogP contribution is 2.21. The van der Waals surface area contributed by atoms with E-state index in [1.165, 1.54) is 22.0 Å². The molecular formula is C16H25IN4. The van der Waals surface area contributed by atoms with Gasteiger partial charge in [0.2, 0.25) is 0 Å². The lowest BCUT2D eigenvalue weighted by Gasteiger charge is -2.06. The van der Waals surface area contributed by atoms with Gasteiger partial charge < -0.3 is 16.0 Å². The summed E-state index contributed by atoms with van der Waals surface area (Å²) in [5, 5.41) is 4.47. The fourth-order valence-electron chi connectivity index (χ4n) is 2.23. The normalized spacial score (nSPS) is 11.7. The number of aromatic nitrogens is 1. The molecule has 4 N–H and O–H groups in total. The Morgan fingerprint density at radius 3 is 2.86 bits per heavy atom. The second-order valence-electron chi connectivity index (χ2n) is 5.61. The number of nitrogens with zero attached hydrogens (tertiary/aromatic N) is 1. The van der Waals surface area contributed by atoms with Crippen molar-refractivity contribution in [1.29, 1.82) is 0 Å². The Morgan fingerprint density at radius 1 is 1.38 bits per heavy atom. The third kappa shape index (κ3) is 4.91. The van der Waals surface area contributed by atoms with Gasteiger partial charge in [0.1, 0.15) is 0 Å². The smallest absolute Gasteiger partial charge is 0.188 e. The van der Waals surface area contributed by atoms with Gasteiger partial charge in [0, 0.05) is 30.2 Å². The van der Waals surface area contributed by atoms with Gasteiger partial charge in [-0.15, -0.1) is 24.0 Å². The van der Waals surface area contributed by atoms with Crippen LogP contribution in [-0.4, -0.2) is 24.0 Å². The minimum atomic E-state index is 0. The Bertz CT molecular complexity index is 601. The number of H-pyrrole nitrogens is 1. The molecule has 1 heterocycles. The molecule has 5 heteroatoms. The highest BCUT2D eigenvalue weighted by atomic mass is 127. The summed E-state index contributed by atoms with van der Waals surface area (Å²) in [4.78, 5) is 7.64. The SMILES string of the molecule is Cc1cccc2c(CCNC(N)=NCC(C)C)c[nH]c12.I. The molecule has 0 saturated carbocycles. The third-order valence-electron chi connectivity index (χ3n) is 3.34.